The Bertz CT molecular complexity index is 1060. The minimum Gasteiger partial charge on any atom is -0.351 e. The van der Waals surface area contributed by atoms with Crippen LogP contribution in [-0.4, -0.2) is 20.7 Å². The number of carbonyl (C=O) groups is 1. The summed E-state index contributed by atoms with van der Waals surface area (Å²) in [7, 11) is 0. The lowest BCUT2D eigenvalue weighted by Gasteiger charge is -2.07. The molecule has 0 fully saturated rings. The van der Waals surface area contributed by atoms with E-state index in [-0.39, 0.29) is 5.91 Å². The number of fused-ring (bicyclic) bond motifs is 1. The molecule has 136 valence electrons. The summed E-state index contributed by atoms with van der Waals surface area (Å²) in [6.45, 7) is 5.22. The van der Waals surface area contributed by atoms with Crippen LogP contribution >= 0.6 is 0 Å². The van der Waals surface area contributed by atoms with Gasteiger partial charge in [0.1, 0.15) is 5.69 Å². The largest absolute Gasteiger partial charge is 0.351 e. The Kier molecular flexibility index (Phi) is 4.50. The van der Waals surface area contributed by atoms with E-state index in [1.165, 1.54) is 5.56 Å². The van der Waals surface area contributed by atoms with Gasteiger partial charge in [-0.2, -0.15) is 5.10 Å². The zero-order valence-corrected chi connectivity index (χ0v) is 15.5. The van der Waals surface area contributed by atoms with Crippen LogP contribution in [0.25, 0.3) is 10.9 Å². The van der Waals surface area contributed by atoms with Crippen LogP contribution in [0.4, 0.5) is 0 Å². The number of nitrogens with one attached hydrogen (secondary N) is 2. The topological polar surface area (TPSA) is 62.7 Å². The Morgan fingerprint density at radius 1 is 1.07 bits per heavy atom. The Morgan fingerprint density at radius 2 is 1.81 bits per heavy atom. The fourth-order valence-corrected chi connectivity index (χ4v) is 3.36. The van der Waals surface area contributed by atoms with Gasteiger partial charge in [-0.25, -0.2) is 0 Å². The molecule has 4 rings (SSSR count). The van der Waals surface area contributed by atoms with Crippen molar-refractivity contribution in [2.45, 2.75) is 26.9 Å². The predicted octanol–water partition coefficient (Wildman–Crippen LogP) is 3.96. The molecule has 5 nitrogen and oxygen atoms in total. The van der Waals surface area contributed by atoms with Crippen LogP contribution in [0, 0.1) is 13.8 Å². The number of aromatic amines is 1. The van der Waals surface area contributed by atoms with Gasteiger partial charge in [-0.3, -0.25) is 9.48 Å². The molecule has 27 heavy (non-hydrogen) atoms. The first-order chi connectivity index (χ1) is 13.1. The van der Waals surface area contributed by atoms with E-state index in [0.717, 1.165) is 34.4 Å². The summed E-state index contributed by atoms with van der Waals surface area (Å²) in [4.78, 5) is 15.7. The van der Waals surface area contributed by atoms with E-state index in [1.54, 1.807) is 0 Å². The van der Waals surface area contributed by atoms with E-state index in [0.29, 0.717) is 12.2 Å². The lowest BCUT2D eigenvalue weighted by molar-refractivity contribution is 0.0946. The highest BCUT2D eigenvalue weighted by Gasteiger charge is 2.14. The quantitative estimate of drug-likeness (QED) is 0.567. The maximum absolute atomic E-state index is 12.5. The van der Waals surface area contributed by atoms with Crippen molar-refractivity contribution in [1.29, 1.82) is 0 Å². The number of hydrogen-bond donors (Lipinski definition) is 2. The summed E-state index contributed by atoms with van der Waals surface area (Å²) in [6, 6.07) is 20.0. The average Bonchev–Trinajstić information content (AvgIpc) is 3.22. The van der Waals surface area contributed by atoms with E-state index < -0.39 is 0 Å². The molecule has 0 bridgehead atoms. The summed E-state index contributed by atoms with van der Waals surface area (Å²) in [5, 5.41) is 8.69. The molecule has 0 aliphatic heterocycles. The fourth-order valence-electron chi connectivity index (χ4n) is 3.36. The van der Waals surface area contributed by atoms with E-state index in [1.807, 2.05) is 67.1 Å². The van der Waals surface area contributed by atoms with Crippen LogP contribution in [0.2, 0.25) is 0 Å². The third-order valence-corrected chi connectivity index (χ3v) is 4.91. The number of para-hydroxylation sites is 1. The molecule has 2 N–H and O–H groups in total. The number of rotatable bonds is 5. The molecule has 2 aromatic heterocycles. The Balaban J connectivity index is 1.48. The second-order valence-electron chi connectivity index (χ2n) is 6.75. The second-order valence-corrected chi connectivity index (χ2v) is 6.75. The summed E-state index contributed by atoms with van der Waals surface area (Å²) in [5.74, 6) is -0.110. The van der Waals surface area contributed by atoms with Crippen molar-refractivity contribution in [3.63, 3.8) is 0 Å². The van der Waals surface area contributed by atoms with Gasteiger partial charge in [0, 0.05) is 28.7 Å². The highest BCUT2D eigenvalue weighted by molar-refractivity contribution is 5.97. The molecular formula is C22H22N4O. The van der Waals surface area contributed by atoms with Crippen molar-refractivity contribution in [2.75, 3.05) is 0 Å². The number of amides is 1. The second kappa shape index (κ2) is 7.11. The van der Waals surface area contributed by atoms with Gasteiger partial charge in [0.05, 0.1) is 12.2 Å². The standard InChI is InChI=1S/C22H22N4O/c1-15-19(16(2)26(25-15)14-17-8-4-3-5-9-17)13-23-22(27)21-12-18-10-6-7-11-20(18)24-21/h3-12,24H,13-14H2,1-2H3,(H,23,27). The van der Waals surface area contributed by atoms with E-state index in [2.05, 4.69) is 27.5 Å². The number of hydrogen-bond acceptors (Lipinski definition) is 2. The van der Waals surface area contributed by atoms with Gasteiger partial charge in [-0.15, -0.1) is 0 Å². The zero-order chi connectivity index (χ0) is 18.8. The minimum atomic E-state index is -0.110. The van der Waals surface area contributed by atoms with Crippen molar-refractivity contribution in [3.05, 3.63) is 88.9 Å². The number of aryl methyl sites for hydroxylation is 1. The highest BCUT2D eigenvalue weighted by Crippen LogP contribution is 2.17. The van der Waals surface area contributed by atoms with Crippen molar-refractivity contribution < 1.29 is 4.79 Å². The van der Waals surface area contributed by atoms with Crippen LogP contribution in [0.1, 0.15) is 33.0 Å². The molecule has 2 heterocycles. The molecular weight excluding hydrogens is 336 g/mol. The third kappa shape index (κ3) is 3.49. The zero-order valence-electron chi connectivity index (χ0n) is 15.5. The Morgan fingerprint density at radius 3 is 2.59 bits per heavy atom. The van der Waals surface area contributed by atoms with Crippen LogP contribution in [0.15, 0.2) is 60.7 Å². The summed E-state index contributed by atoms with van der Waals surface area (Å²) < 4.78 is 2.00. The summed E-state index contributed by atoms with van der Waals surface area (Å²) >= 11 is 0. The maximum atomic E-state index is 12.5. The van der Waals surface area contributed by atoms with Gasteiger partial charge in [0.2, 0.25) is 0 Å². The lowest BCUT2D eigenvalue weighted by atomic mass is 10.2. The summed E-state index contributed by atoms with van der Waals surface area (Å²) in [5.41, 5.74) is 5.83. The fraction of sp³-hybridized carbons (Fsp3) is 0.182. The number of H-pyrrole nitrogens is 1. The molecule has 2 aromatic carbocycles. The van der Waals surface area contributed by atoms with Crippen molar-refractivity contribution in [1.82, 2.24) is 20.1 Å². The number of aromatic nitrogens is 3. The van der Waals surface area contributed by atoms with Gasteiger partial charge in [0.15, 0.2) is 0 Å². The van der Waals surface area contributed by atoms with Crippen LogP contribution < -0.4 is 5.32 Å². The molecule has 0 saturated carbocycles. The van der Waals surface area contributed by atoms with Gasteiger partial charge in [-0.1, -0.05) is 48.5 Å². The van der Waals surface area contributed by atoms with Crippen molar-refractivity contribution >= 4 is 16.8 Å². The molecule has 0 unspecified atom stereocenters. The van der Waals surface area contributed by atoms with Crippen LogP contribution in [0.5, 0.6) is 0 Å². The molecule has 0 radical (unpaired) electrons. The normalized spacial score (nSPS) is 11.0. The SMILES string of the molecule is Cc1nn(Cc2ccccc2)c(C)c1CNC(=O)c1cc2ccccc2[nH]1. The molecule has 0 atom stereocenters. The van der Waals surface area contributed by atoms with Gasteiger partial charge in [-0.05, 0) is 31.5 Å². The van der Waals surface area contributed by atoms with E-state index >= 15 is 0 Å². The Labute approximate surface area is 158 Å². The number of carbonyl (C=O) groups excluding carboxylic acids is 1. The van der Waals surface area contributed by atoms with Crippen molar-refractivity contribution in [3.8, 4) is 0 Å². The summed E-state index contributed by atoms with van der Waals surface area (Å²) in [6.07, 6.45) is 0. The molecule has 0 aliphatic rings. The number of benzene rings is 2. The first kappa shape index (κ1) is 17.1. The number of nitrogens with zero attached hydrogens (tertiary/aromatic N) is 2. The molecule has 5 heteroatoms. The molecule has 0 spiro atoms. The van der Waals surface area contributed by atoms with Gasteiger partial charge < -0.3 is 10.3 Å². The first-order valence-electron chi connectivity index (χ1n) is 9.04. The van der Waals surface area contributed by atoms with Crippen LogP contribution in [-0.2, 0) is 13.1 Å². The van der Waals surface area contributed by atoms with Crippen molar-refractivity contribution in [2.24, 2.45) is 0 Å². The molecule has 4 aromatic rings. The maximum Gasteiger partial charge on any atom is 0.267 e. The Hall–Kier alpha value is -3.34. The molecule has 0 aliphatic carbocycles. The minimum absolute atomic E-state index is 0.110. The van der Waals surface area contributed by atoms with Crippen LogP contribution in [0.3, 0.4) is 0 Å². The van der Waals surface area contributed by atoms with Gasteiger partial charge >= 0.3 is 0 Å². The third-order valence-electron chi connectivity index (χ3n) is 4.91. The smallest absolute Gasteiger partial charge is 0.267 e. The lowest BCUT2D eigenvalue weighted by Crippen LogP contribution is -2.23. The average molecular weight is 358 g/mol. The predicted molar refractivity (Wildman–Crippen MR) is 107 cm³/mol. The van der Waals surface area contributed by atoms with Gasteiger partial charge in [0.25, 0.3) is 5.91 Å². The molecule has 0 saturated heterocycles. The molecule has 1 amide bonds. The van der Waals surface area contributed by atoms with E-state index in [4.69, 9.17) is 0 Å². The highest BCUT2D eigenvalue weighted by atomic mass is 16.1. The first-order valence-corrected chi connectivity index (χ1v) is 9.04. The monoisotopic (exact) mass is 358 g/mol. The van der Waals surface area contributed by atoms with E-state index in [9.17, 15) is 4.79 Å².